The molecule has 0 aliphatic carbocycles. The van der Waals surface area contributed by atoms with Crippen molar-refractivity contribution in [1.82, 2.24) is 15.2 Å². The molecule has 0 saturated carbocycles. The molecule has 2 N–H and O–H groups in total. The molecular formula is C20H19ClN4O2. The SMILES string of the molecule is O=C1NCCN1Cc1ccccc1NCc1ncc(-c2ccccc2Cl)o1. The van der Waals surface area contributed by atoms with E-state index in [-0.39, 0.29) is 6.03 Å². The minimum Gasteiger partial charge on any atom is -0.439 e. The van der Waals surface area contributed by atoms with E-state index in [9.17, 15) is 4.79 Å². The number of aromatic nitrogens is 1. The number of amides is 2. The van der Waals surface area contributed by atoms with Crippen LogP contribution in [0.25, 0.3) is 11.3 Å². The van der Waals surface area contributed by atoms with Crippen molar-refractivity contribution in [3.8, 4) is 11.3 Å². The van der Waals surface area contributed by atoms with Crippen LogP contribution >= 0.6 is 11.6 Å². The summed E-state index contributed by atoms with van der Waals surface area (Å²) >= 11 is 6.21. The van der Waals surface area contributed by atoms with Gasteiger partial charge in [0.1, 0.15) is 0 Å². The van der Waals surface area contributed by atoms with Crippen molar-refractivity contribution in [2.24, 2.45) is 0 Å². The van der Waals surface area contributed by atoms with Crippen LogP contribution in [0.2, 0.25) is 5.02 Å². The molecule has 0 unspecified atom stereocenters. The van der Waals surface area contributed by atoms with Crippen LogP contribution in [0.1, 0.15) is 11.5 Å². The van der Waals surface area contributed by atoms with Crippen LogP contribution in [-0.2, 0) is 13.1 Å². The second-order valence-corrected chi connectivity index (χ2v) is 6.67. The molecule has 27 heavy (non-hydrogen) atoms. The second-order valence-electron chi connectivity index (χ2n) is 6.26. The van der Waals surface area contributed by atoms with Gasteiger partial charge in [-0.3, -0.25) is 0 Å². The molecule has 3 aromatic rings. The Hall–Kier alpha value is -2.99. The molecule has 0 bridgehead atoms. The first kappa shape index (κ1) is 17.4. The van der Waals surface area contributed by atoms with E-state index in [4.69, 9.17) is 16.0 Å². The number of urea groups is 1. The van der Waals surface area contributed by atoms with E-state index in [0.717, 1.165) is 16.8 Å². The molecule has 138 valence electrons. The molecule has 1 saturated heterocycles. The summed E-state index contributed by atoms with van der Waals surface area (Å²) in [7, 11) is 0. The highest BCUT2D eigenvalue weighted by atomic mass is 35.5. The number of para-hydroxylation sites is 1. The molecule has 4 rings (SSSR count). The quantitative estimate of drug-likeness (QED) is 0.672. The number of halogens is 1. The van der Waals surface area contributed by atoms with E-state index in [1.165, 1.54) is 0 Å². The van der Waals surface area contributed by atoms with Crippen LogP contribution in [0.15, 0.2) is 59.1 Å². The number of hydrogen-bond acceptors (Lipinski definition) is 4. The van der Waals surface area contributed by atoms with E-state index in [2.05, 4.69) is 15.6 Å². The van der Waals surface area contributed by atoms with Gasteiger partial charge in [0.2, 0.25) is 5.89 Å². The fraction of sp³-hybridized carbons (Fsp3) is 0.200. The minimum absolute atomic E-state index is 0.0260. The highest BCUT2D eigenvalue weighted by Gasteiger charge is 2.20. The first-order valence-corrected chi connectivity index (χ1v) is 9.12. The van der Waals surface area contributed by atoms with E-state index >= 15 is 0 Å². The number of anilines is 1. The molecule has 1 fully saturated rings. The number of oxazole rings is 1. The molecule has 1 aliphatic heterocycles. The summed E-state index contributed by atoms with van der Waals surface area (Å²) in [4.78, 5) is 17.9. The lowest BCUT2D eigenvalue weighted by atomic mass is 10.1. The summed E-state index contributed by atoms with van der Waals surface area (Å²) in [6.45, 7) is 2.41. The van der Waals surface area contributed by atoms with Crippen LogP contribution in [0.4, 0.5) is 10.5 Å². The van der Waals surface area contributed by atoms with Gasteiger partial charge in [-0.1, -0.05) is 41.9 Å². The lowest BCUT2D eigenvalue weighted by molar-refractivity contribution is 0.215. The number of rotatable bonds is 6. The van der Waals surface area contributed by atoms with Gasteiger partial charge in [0.05, 0.1) is 17.8 Å². The molecule has 7 heteroatoms. The van der Waals surface area contributed by atoms with Gasteiger partial charge in [-0.25, -0.2) is 9.78 Å². The first-order valence-electron chi connectivity index (χ1n) is 8.75. The number of benzene rings is 2. The van der Waals surface area contributed by atoms with Crippen molar-refractivity contribution in [1.29, 1.82) is 0 Å². The number of nitrogens with zero attached hydrogens (tertiary/aromatic N) is 2. The minimum atomic E-state index is -0.0260. The predicted octanol–water partition coefficient (Wildman–Crippen LogP) is 4.13. The lowest BCUT2D eigenvalue weighted by Gasteiger charge is -2.17. The van der Waals surface area contributed by atoms with Crippen LogP contribution in [0.5, 0.6) is 0 Å². The van der Waals surface area contributed by atoms with Gasteiger partial charge in [-0.2, -0.15) is 0 Å². The summed E-state index contributed by atoms with van der Waals surface area (Å²) in [5.74, 6) is 1.21. The molecule has 6 nitrogen and oxygen atoms in total. The maximum Gasteiger partial charge on any atom is 0.317 e. The maximum atomic E-state index is 11.8. The number of hydrogen-bond donors (Lipinski definition) is 2. The zero-order valence-electron chi connectivity index (χ0n) is 14.6. The standard InChI is InChI=1S/C20H19ClN4O2/c21-16-7-3-2-6-15(16)18-11-24-19(27-18)12-23-17-8-4-1-5-14(17)13-25-10-9-22-20(25)26/h1-8,11,23H,9-10,12-13H2,(H,22,26). The summed E-state index contributed by atoms with van der Waals surface area (Å²) < 4.78 is 5.83. The maximum absolute atomic E-state index is 11.8. The van der Waals surface area contributed by atoms with Crippen LogP contribution < -0.4 is 10.6 Å². The summed E-state index contributed by atoms with van der Waals surface area (Å²) in [5.41, 5.74) is 2.82. The third kappa shape index (κ3) is 3.90. The normalized spacial score (nSPS) is 13.7. The van der Waals surface area contributed by atoms with Gasteiger partial charge in [-0.05, 0) is 23.8 Å². The molecule has 2 heterocycles. The number of nitrogens with one attached hydrogen (secondary N) is 2. The van der Waals surface area contributed by atoms with Crippen molar-refractivity contribution in [3.63, 3.8) is 0 Å². The van der Waals surface area contributed by atoms with Crippen molar-refractivity contribution in [2.75, 3.05) is 18.4 Å². The second kappa shape index (κ2) is 7.72. The third-order valence-electron chi connectivity index (χ3n) is 4.45. The zero-order chi connectivity index (χ0) is 18.6. The topological polar surface area (TPSA) is 70.4 Å². The Morgan fingerprint density at radius 3 is 2.81 bits per heavy atom. The monoisotopic (exact) mass is 382 g/mol. The molecule has 0 radical (unpaired) electrons. The summed E-state index contributed by atoms with van der Waals surface area (Å²) in [5, 5.41) is 6.80. The van der Waals surface area contributed by atoms with Gasteiger partial charge >= 0.3 is 6.03 Å². The molecule has 0 atom stereocenters. The Labute approximate surface area is 162 Å². The van der Waals surface area contributed by atoms with Crippen LogP contribution in [0.3, 0.4) is 0 Å². The number of carbonyl (C=O) groups excluding carboxylic acids is 1. The average Bonchev–Trinajstić information content (AvgIpc) is 3.31. The first-order chi connectivity index (χ1) is 13.2. The van der Waals surface area contributed by atoms with Gasteiger partial charge < -0.3 is 20.0 Å². The van der Waals surface area contributed by atoms with Gasteiger partial charge in [0.25, 0.3) is 0 Å². The molecule has 1 aliphatic rings. The fourth-order valence-electron chi connectivity index (χ4n) is 3.05. The van der Waals surface area contributed by atoms with Gasteiger partial charge in [0, 0.05) is 30.9 Å². The van der Waals surface area contributed by atoms with E-state index in [1.54, 1.807) is 11.1 Å². The van der Waals surface area contributed by atoms with Crippen molar-refractivity contribution < 1.29 is 9.21 Å². The van der Waals surface area contributed by atoms with E-state index in [0.29, 0.717) is 42.9 Å². The number of carbonyl (C=O) groups is 1. The highest BCUT2D eigenvalue weighted by molar-refractivity contribution is 6.33. The summed E-state index contributed by atoms with van der Waals surface area (Å²) in [6.07, 6.45) is 1.68. The van der Waals surface area contributed by atoms with Gasteiger partial charge in [0.15, 0.2) is 5.76 Å². The predicted molar refractivity (Wildman–Crippen MR) is 105 cm³/mol. The fourth-order valence-corrected chi connectivity index (χ4v) is 3.28. The molecule has 2 amide bonds. The molecule has 0 spiro atoms. The lowest BCUT2D eigenvalue weighted by Crippen LogP contribution is -2.27. The van der Waals surface area contributed by atoms with E-state index in [1.807, 2.05) is 48.5 Å². The van der Waals surface area contributed by atoms with Crippen LogP contribution in [-0.4, -0.2) is 29.0 Å². The largest absolute Gasteiger partial charge is 0.439 e. The van der Waals surface area contributed by atoms with Crippen molar-refractivity contribution in [2.45, 2.75) is 13.1 Å². The Morgan fingerprint density at radius 2 is 2.00 bits per heavy atom. The Kier molecular flexibility index (Phi) is 4.98. The molecule has 1 aromatic heterocycles. The Morgan fingerprint density at radius 1 is 1.19 bits per heavy atom. The average molecular weight is 383 g/mol. The third-order valence-corrected chi connectivity index (χ3v) is 4.78. The van der Waals surface area contributed by atoms with Crippen molar-refractivity contribution >= 4 is 23.3 Å². The van der Waals surface area contributed by atoms with Crippen molar-refractivity contribution in [3.05, 3.63) is 71.2 Å². The molecular weight excluding hydrogens is 364 g/mol. The van der Waals surface area contributed by atoms with E-state index < -0.39 is 0 Å². The molecule has 2 aromatic carbocycles. The zero-order valence-corrected chi connectivity index (χ0v) is 15.4. The Bertz CT molecular complexity index is 956. The Balaban J connectivity index is 1.45. The smallest absolute Gasteiger partial charge is 0.317 e. The van der Waals surface area contributed by atoms with Crippen LogP contribution in [0, 0.1) is 0 Å². The highest BCUT2D eigenvalue weighted by Crippen LogP contribution is 2.28. The summed E-state index contributed by atoms with van der Waals surface area (Å²) in [6, 6.07) is 15.4. The van der Waals surface area contributed by atoms with Gasteiger partial charge in [-0.15, -0.1) is 0 Å².